The molecule has 0 radical (unpaired) electrons. The zero-order valence-electron chi connectivity index (χ0n) is 19.3. The lowest BCUT2D eigenvalue weighted by Gasteiger charge is -2.24. The van der Waals surface area contributed by atoms with Crippen LogP contribution in [-0.2, 0) is 38.4 Å². The van der Waals surface area contributed by atoms with Crippen LogP contribution in [0.4, 0.5) is 17.6 Å². The number of carbonyl (C=O) groups excluding carboxylic acids is 1. The largest absolute Gasteiger partial charge is 0.435 e. The number of nitrogens with zero attached hydrogens (tertiary/aromatic N) is 2. The molecule has 0 spiro atoms. The number of aromatic nitrogens is 2. The molecule has 1 fully saturated rings. The van der Waals surface area contributed by atoms with E-state index < -0.39 is 46.2 Å². The molecule has 2 aromatic rings. The first-order valence-electron chi connectivity index (χ1n) is 11.1. The van der Waals surface area contributed by atoms with Crippen LogP contribution in [0.1, 0.15) is 80.4 Å². The van der Waals surface area contributed by atoms with Crippen molar-refractivity contribution in [3.63, 3.8) is 0 Å². The number of thiol groups is 1. The van der Waals surface area contributed by atoms with Gasteiger partial charge in [-0.2, -0.15) is 18.3 Å². The van der Waals surface area contributed by atoms with Crippen LogP contribution < -0.4 is 11.1 Å². The maximum atomic E-state index is 14.6. The van der Waals surface area contributed by atoms with E-state index in [0.29, 0.717) is 12.8 Å². The Hall–Kier alpha value is -2.51. The number of hydrogen-bond acceptors (Lipinski definition) is 6. The van der Waals surface area contributed by atoms with Gasteiger partial charge >= 0.3 is 6.18 Å². The second kappa shape index (κ2) is 10.6. The fourth-order valence-corrected chi connectivity index (χ4v) is 4.64. The van der Waals surface area contributed by atoms with E-state index in [1.54, 1.807) is 0 Å². The average molecular weight is 521 g/mol. The normalized spacial score (nSPS) is 17.8. The zero-order valence-corrected chi connectivity index (χ0v) is 20.2. The van der Waals surface area contributed by atoms with Gasteiger partial charge in [0.2, 0.25) is 5.91 Å². The van der Waals surface area contributed by atoms with Crippen LogP contribution in [0.5, 0.6) is 0 Å². The molecule has 2 atom stereocenters. The summed E-state index contributed by atoms with van der Waals surface area (Å²) in [4.78, 5) is 12.7. The molecule has 0 bridgehead atoms. The molecule has 13 heteroatoms. The van der Waals surface area contributed by atoms with Crippen molar-refractivity contribution in [1.29, 1.82) is 0 Å². The van der Waals surface area contributed by atoms with Gasteiger partial charge in [0.1, 0.15) is 5.82 Å². The molecule has 1 aromatic heterocycles. The standard InChI is InChI=1S/C22H28F4N4O4S/c1-13(14-8-9-17(18(23)10-14)21(2,27)34-35(32)33)20(31)28-12-16-11-19(22(24,25)26)29-30(16)15-6-4-3-5-7-15/h8-11,13,15,35H,3-7,12,27H2,1-2H3,(H,28,31). The molecule has 1 heterocycles. The molecule has 0 saturated heterocycles. The lowest BCUT2D eigenvalue weighted by Crippen LogP contribution is -2.37. The molecule has 3 N–H and O–H groups in total. The van der Waals surface area contributed by atoms with E-state index >= 15 is 0 Å². The van der Waals surface area contributed by atoms with Gasteiger partial charge < -0.3 is 5.32 Å². The predicted molar refractivity (Wildman–Crippen MR) is 119 cm³/mol. The van der Waals surface area contributed by atoms with Crippen molar-refractivity contribution in [2.45, 2.75) is 76.4 Å². The van der Waals surface area contributed by atoms with E-state index in [0.717, 1.165) is 31.4 Å². The number of hydrogen-bond donors (Lipinski definition) is 3. The summed E-state index contributed by atoms with van der Waals surface area (Å²) in [5, 5.41) is 6.39. The number of halogens is 4. The molecule has 1 aliphatic carbocycles. The minimum Gasteiger partial charge on any atom is -0.350 e. The SMILES string of the molecule is CC(C(=O)NCc1cc(C(F)(F)F)nn1C1CCCCC1)c1ccc(C(C)(N)O[SH](=O)=O)c(F)c1. The van der Waals surface area contributed by atoms with E-state index in [1.165, 1.54) is 30.7 Å². The highest BCUT2D eigenvalue weighted by Crippen LogP contribution is 2.33. The molecular formula is C22H28F4N4O4S. The number of rotatable bonds is 8. The first kappa shape index (κ1) is 27.1. The van der Waals surface area contributed by atoms with Crippen LogP contribution in [0.2, 0.25) is 0 Å². The zero-order chi connectivity index (χ0) is 26.0. The number of alkyl halides is 3. The van der Waals surface area contributed by atoms with E-state index in [-0.39, 0.29) is 29.4 Å². The van der Waals surface area contributed by atoms with Crippen LogP contribution >= 0.6 is 0 Å². The van der Waals surface area contributed by atoms with Crippen LogP contribution in [-0.4, -0.2) is 24.1 Å². The number of carbonyl (C=O) groups is 1. The monoisotopic (exact) mass is 520 g/mol. The fraction of sp³-hybridized carbons (Fsp3) is 0.545. The summed E-state index contributed by atoms with van der Waals surface area (Å²) in [6.45, 7) is 2.52. The molecule has 194 valence electrons. The maximum Gasteiger partial charge on any atom is 0.435 e. The summed E-state index contributed by atoms with van der Waals surface area (Å²) in [7, 11) is -3.33. The van der Waals surface area contributed by atoms with Crippen molar-refractivity contribution in [2.75, 3.05) is 0 Å². The third-order valence-electron chi connectivity index (χ3n) is 6.15. The minimum atomic E-state index is -4.61. The highest BCUT2D eigenvalue weighted by atomic mass is 32.2. The molecule has 8 nitrogen and oxygen atoms in total. The summed E-state index contributed by atoms with van der Waals surface area (Å²) in [5.74, 6) is -2.25. The highest BCUT2D eigenvalue weighted by Gasteiger charge is 2.36. The van der Waals surface area contributed by atoms with Gasteiger partial charge in [0.15, 0.2) is 11.4 Å². The smallest absolute Gasteiger partial charge is 0.350 e. The molecule has 1 aromatic carbocycles. The van der Waals surface area contributed by atoms with Crippen molar-refractivity contribution in [2.24, 2.45) is 5.73 Å². The Morgan fingerprint density at radius 1 is 1.26 bits per heavy atom. The van der Waals surface area contributed by atoms with Gasteiger partial charge in [-0.3, -0.25) is 15.2 Å². The van der Waals surface area contributed by atoms with Crippen molar-refractivity contribution in [3.8, 4) is 0 Å². The minimum absolute atomic E-state index is 0.164. The van der Waals surface area contributed by atoms with Gasteiger partial charge in [-0.1, -0.05) is 31.4 Å². The summed E-state index contributed by atoms with van der Waals surface area (Å²) >= 11 is 0. The van der Waals surface area contributed by atoms with E-state index in [9.17, 15) is 30.8 Å². The fourth-order valence-electron chi connectivity index (χ4n) is 4.23. The van der Waals surface area contributed by atoms with Crippen molar-refractivity contribution in [1.82, 2.24) is 15.1 Å². The van der Waals surface area contributed by atoms with E-state index in [1.807, 2.05) is 0 Å². The predicted octanol–water partition coefficient (Wildman–Crippen LogP) is 3.64. The number of nitrogens with two attached hydrogens (primary N) is 1. The van der Waals surface area contributed by atoms with E-state index in [2.05, 4.69) is 14.6 Å². The summed E-state index contributed by atoms with van der Waals surface area (Å²) in [6.07, 6.45) is -0.360. The quantitative estimate of drug-likeness (QED) is 0.278. The Morgan fingerprint density at radius 2 is 1.91 bits per heavy atom. The number of amides is 1. The van der Waals surface area contributed by atoms with Gasteiger partial charge in [0.05, 0.1) is 24.2 Å². The van der Waals surface area contributed by atoms with Gasteiger partial charge in [-0.15, -0.1) is 0 Å². The topological polar surface area (TPSA) is 116 Å². The lowest BCUT2D eigenvalue weighted by molar-refractivity contribution is -0.141. The van der Waals surface area contributed by atoms with Crippen molar-refractivity contribution in [3.05, 3.63) is 52.6 Å². The first-order chi connectivity index (χ1) is 16.3. The maximum absolute atomic E-state index is 14.6. The summed E-state index contributed by atoms with van der Waals surface area (Å²) in [5.41, 5.74) is 3.08. The summed E-state index contributed by atoms with van der Waals surface area (Å²) < 4.78 is 82.0. The number of nitrogens with one attached hydrogen (secondary N) is 1. The van der Waals surface area contributed by atoms with Gasteiger partial charge in [0, 0.05) is 5.56 Å². The van der Waals surface area contributed by atoms with Gasteiger partial charge in [0.25, 0.3) is 11.0 Å². The van der Waals surface area contributed by atoms with E-state index in [4.69, 9.17) is 5.73 Å². The van der Waals surface area contributed by atoms with Crippen LogP contribution in [0.3, 0.4) is 0 Å². The van der Waals surface area contributed by atoms with Gasteiger partial charge in [-0.25, -0.2) is 17.0 Å². The summed E-state index contributed by atoms with van der Waals surface area (Å²) in [6, 6.07) is 4.45. The van der Waals surface area contributed by atoms with Crippen molar-refractivity contribution < 1.29 is 35.0 Å². The molecule has 35 heavy (non-hydrogen) atoms. The Balaban J connectivity index is 1.75. The van der Waals surface area contributed by atoms with Crippen LogP contribution in [0.25, 0.3) is 0 Å². The second-order valence-corrected chi connectivity index (χ2v) is 9.49. The molecule has 3 rings (SSSR count). The van der Waals surface area contributed by atoms with Crippen molar-refractivity contribution >= 4 is 16.9 Å². The molecule has 1 aliphatic rings. The highest BCUT2D eigenvalue weighted by molar-refractivity contribution is 7.67. The van der Waals surface area contributed by atoms with Crippen LogP contribution in [0, 0.1) is 5.82 Å². The molecule has 0 aliphatic heterocycles. The Labute approximate surface area is 202 Å². The molecule has 1 saturated carbocycles. The Bertz CT molecular complexity index is 1130. The third kappa shape index (κ3) is 6.58. The Kier molecular flexibility index (Phi) is 8.22. The molecule has 1 amide bonds. The molecule has 2 unspecified atom stereocenters. The average Bonchev–Trinajstić information content (AvgIpc) is 3.21. The molecular weight excluding hydrogens is 492 g/mol. The van der Waals surface area contributed by atoms with Crippen LogP contribution in [0.15, 0.2) is 24.3 Å². The first-order valence-corrected chi connectivity index (χ1v) is 12.2. The second-order valence-electron chi connectivity index (χ2n) is 8.86. The lowest BCUT2D eigenvalue weighted by atomic mass is 9.95. The van der Waals surface area contributed by atoms with Gasteiger partial charge in [-0.05, 0) is 44.4 Å². The third-order valence-corrected chi connectivity index (χ3v) is 6.68. The Morgan fingerprint density at radius 3 is 2.49 bits per heavy atom. The number of benzene rings is 1.